The van der Waals surface area contributed by atoms with Crippen LogP contribution in [0.2, 0.25) is 0 Å². The van der Waals surface area contributed by atoms with Crippen molar-refractivity contribution in [2.24, 2.45) is 11.8 Å². The second-order valence-electron chi connectivity index (χ2n) is 5.35. The van der Waals surface area contributed by atoms with Gasteiger partial charge in [0.1, 0.15) is 0 Å². The Morgan fingerprint density at radius 1 is 1.35 bits per heavy atom. The first-order chi connectivity index (χ1) is 9.60. The van der Waals surface area contributed by atoms with Crippen molar-refractivity contribution in [3.8, 4) is 0 Å². The van der Waals surface area contributed by atoms with Crippen LogP contribution in [0.3, 0.4) is 0 Å². The van der Waals surface area contributed by atoms with Gasteiger partial charge in [-0.2, -0.15) is 0 Å². The molecule has 0 atom stereocenters. The molecular weight excluding hydrogens is 276 g/mol. The topological polar surface area (TPSA) is 79.3 Å². The zero-order chi connectivity index (χ0) is 14.5. The van der Waals surface area contributed by atoms with Crippen LogP contribution in [0, 0.1) is 11.8 Å². The molecule has 0 saturated heterocycles. The number of amides is 1. The first-order valence-corrected chi connectivity index (χ1v) is 7.95. The largest absolute Gasteiger partial charge is 0.476 e. The Morgan fingerprint density at radius 3 is 2.55 bits per heavy atom. The van der Waals surface area contributed by atoms with Gasteiger partial charge in [-0.25, -0.2) is 9.78 Å². The normalized spacial score (nSPS) is 22.4. The number of hydrogen-bond acceptors (Lipinski definition) is 4. The second-order valence-corrected chi connectivity index (χ2v) is 6.21. The maximum absolute atomic E-state index is 11.9. The van der Waals surface area contributed by atoms with Crippen molar-refractivity contribution in [3.05, 3.63) is 16.1 Å². The molecule has 20 heavy (non-hydrogen) atoms. The maximum Gasteiger partial charge on any atom is 0.355 e. The Morgan fingerprint density at radius 2 is 2.00 bits per heavy atom. The van der Waals surface area contributed by atoms with Crippen LogP contribution >= 0.6 is 11.3 Å². The number of carboxylic acid groups (broad SMARTS) is 1. The quantitative estimate of drug-likeness (QED) is 0.875. The molecule has 1 aliphatic carbocycles. The van der Waals surface area contributed by atoms with Crippen LogP contribution in [0.5, 0.6) is 0 Å². The highest BCUT2D eigenvalue weighted by Crippen LogP contribution is 2.30. The summed E-state index contributed by atoms with van der Waals surface area (Å²) in [6.45, 7) is 2.90. The Labute approximate surface area is 122 Å². The van der Waals surface area contributed by atoms with Crippen molar-refractivity contribution in [2.75, 3.05) is 6.54 Å². The van der Waals surface area contributed by atoms with Crippen LogP contribution < -0.4 is 5.32 Å². The van der Waals surface area contributed by atoms with Gasteiger partial charge >= 0.3 is 5.97 Å². The zero-order valence-corrected chi connectivity index (χ0v) is 12.4. The van der Waals surface area contributed by atoms with Gasteiger partial charge in [-0.3, -0.25) is 4.79 Å². The van der Waals surface area contributed by atoms with E-state index in [-0.39, 0.29) is 16.6 Å². The van der Waals surface area contributed by atoms with Gasteiger partial charge in [0, 0.05) is 11.9 Å². The number of carbonyl (C=O) groups is 2. The lowest BCUT2D eigenvalue weighted by molar-refractivity contribution is 0.0691. The molecule has 110 valence electrons. The molecule has 0 aliphatic heterocycles. The molecule has 2 N–H and O–H groups in total. The minimum absolute atomic E-state index is 0.0661. The number of carboxylic acids is 1. The van der Waals surface area contributed by atoms with Gasteiger partial charge in [0.2, 0.25) is 0 Å². The summed E-state index contributed by atoms with van der Waals surface area (Å²) in [5, 5.41) is 13.3. The molecule has 1 aliphatic rings. The lowest BCUT2D eigenvalue weighted by Gasteiger charge is -2.27. The fraction of sp³-hybridized carbons (Fsp3) is 0.643. The predicted octanol–water partition coefficient (Wildman–Crippen LogP) is 2.79. The number of rotatable bonds is 5. The first-order valence-electron chi connectivity index (χ1n) is 7.07. The van der Waals surface area contributed by atoms with Crippen LogP contribution in [0.15, 0.2) is 5.38 Å². The Hall–Kier alpha value is -1.43. The molecule has 5 nitrogen and oxygen atoms in total. The average Bonchev–Trinajstić information content (AvgIpc) is 2.95. The second kappa shape index (κ2) is 6.83. The number of hydrogen-bond donors (Lipinski definition) is 2. The molecule has 0 unspecified atom stereocenters. The number of aromatic nitrogens is 1. The number of carbonyl (C=O) groups excluding carboxylic acids is 1. The molecule has 2 rings (SSSR count). The van der Waals surface area contributed by atoms with Crippen LogP contribution in [0.1, 0.15) is 59.3 Å². The minimum atomic E-state index is -1.10. The van der Waals surface area contributed by atoms with Crippen molar-refractivity contribution in [3.63, 3.8) is 0 Å². The Kier molecular flexibility index (Phi) is 5.11. The Bertz CT molecular complexity index is 479. The number of aromatic carboxylic acids is 1. The summed E-state index contributed by atoms with van der Waals surface area (Å²) in [6, 6.07) is 0. The van der Waals surface area contributed by atoms with Crippen molar-refractivity contribution in [2.45, 2.75) is 39.0 Å². The molecule has 6 heteroatoms. The molecule has 0 aromatic carbocycles. The van der Waals surface area contributed by atoms with Crippen molar-refractivity contribution in [1.29, 1.82) is 0 Å². The van der Waals surface area contributed by atoms with Crippen molar-refractivity contribution >= 4 is 23.2 Å². The summed E-state index contributed by atoms with van der Waals surface area (Å²) in [5.41, 5.74) is -0.0661. The molecule has 0 radical (unpaired) electrons. The summed E-state index contributed by atoms with van der Waals surface area (Å²) >= 11 is 1.07. The van der Waals surface area contributed by atoms with Crippen LogP contribution in [-0.2, 0) is 0 Å². The average molecular weight is 296 g/mol. The van der Waals surface area contributed by atoms with E-state index in [0.29, 0.717) is 12.5 Å². The number of nitrogens with one attached hydrogen (secondary N) is 1. The van der Waals surface area contributed by atoms with Crippen LogP contribution in [0.25, 0.3) is 0 Å². The molecule has 1 heterocycles. The fourth-order valence-corrected chi connectivity index (χ4v) is 3.34. The van der Waals surface area contributed by atoms with E-state index in [1.807, 2.05) is 0 Å². The molecule has 1 aromatic rings. The van der Waals surface area contributed by atoms with Crippen LogP contribution in [0.4, 0.5) is 0 Å². The van der Waals surface area contributed by atoms with E-state index in [4.69, 9.17) is 5.11 Å². The monoisotopic (exact) mass is 296 g/mol. The standard InChI is InChI=1S/C14H20N2O3S/c1-2-9-3-5-10(6-4-9)7-15-12(17)13-16-11(8-20-13)14(18)19/h8-10H,2-7H2,1H3,(H,15,17)(H,18,19). The molecular formula is C14H20N2O3S. The summed E-state index contributed by atoms with van der Waals surface area (Å²) in [5.74, 6) is 0.0259. The Balaban J connectivity index is 1.79. The van der Waals surface area contributed by atoms with Crippen molar-refractivity contribution in [1.82, 2.24) is 10.3 Å². The predicted molar refractivity (Wildman–Crippen MR) is 77.1 cm³/mol. The van der Waals surface area contributed by atoms with Crippen molar-refractivity contribution < 1.29 is 14.7 Å². The smallest absolute Gasteiger partial charge is 0.355 e. The number of nitrogens with zero attached hydrogens (tertiary/aromatic N) is 1. The van der Waals surface area contributed by atoms with Gasteiger partial charge in [-0.15, -0.1) is 11.3 Å². The van der Waals surface area contributed by atoms with E-state index in [2.05, 4.69) is 17.2 Å². The van der Waals surface area contributed by atoms with Gasteiger partial charge in [0.15, 0.2) is 10.7 Å². The van der Waals surface area contributed by atoms with Gasteiger partial charge in [-0.05, 0) is 24.7 Å². The summed E-state index contributed by atoms with van der Waals surface area (Å²) in [6.07, 6.45) is 6.07. The fourth-order valence-electron chi connectivity index (χ4n) is 2.63. The van der Waals surface area contributed by atoms with Crippen LogP contribution in [-0.4, -0.2) is 28.5 Å². The number of thiazole rings is 1. The molecule has 1 aromatic heterocycles. The molecule has 0 bridgehead atoms. The molecule has 1 saturated carbocycles. The third-order valence-corrected chi connectivity index (χ3v) is 4.85. The van der Waals surface area contributed by atoms with Gasteiger partial charge < -0.3 is 10.4 Å². The maximum atomic E-state index is 11.9. The summed E-state index contributed by atoms with van der Waals surface area (Å²) in [7, 11) is 0. The summed E-state index contributed by atoms with van der Waals surface area (Å²) < 4.78 is 0. The highest BCUT2D eigenvalue weighted by atomic mass is 32.1. The first kappa shape index (κ1) is 15.0. The lowest BCUT2D eigenvalue weighted by atomic mass is 9.81. The summed E-state index contributed by atoms with van der Waals surface area (Å²) in [4.78, 5) is 26.4. The zero-order valence-electron chi connectivity index (χ0n) is 11.6. The van der Waals surface area contributed by atoms with E-state index < -0.39 is 5.97 Å². The molecule has 1 fully saturated rings. The van der Waals surface area contributed by atoms with E-state index >= 15 is 0 Å². The highest BCUT2D eigenvalue weighted by molar-refractivity contribution is 7.11. The lowest BCUT2D eigenvalue weighted by Crippen LogP contribution is -2.31. The van der Waals surface area contributed by atoms with E-state index in [9.17, 15) is 9.59 Å². The van der Waals surface area contributed by atoms with Gasteiger partial charge in [0.05, 0.1) is 0 Å². The van der Waals surface area contributed by atoms with E-state index in [0.717, 1.165) is 30.1 Å². The third kappa shape index (κ3) is 3.79. The molecule has 0 spiro atoms. The third-order valence-electron chi connectivity index (χ3n) is 4.01. The molecule has 1 amide bonds. The van der Waals surface area contributed by atoms with Gasteiger partial charge in [0.25, 0.3) is 5.91 Å². The highest BCUT2D eigenvalue weighted by Gasteiger charge is 2.21. The van der Waals surface area contributed by atoms with E-state index in [1.54, 1.807) is 0 Å². The minimum Gasteiger partial charge on any atom is -0.476 e. The van der Waals surface area contributed by atoms with E-state index in [1.165, 1.54) is 24.6 Å². The SMILES string of the molecule is CCC1CCC(CNC(=O)c2nc(C(=O)O)cs2)CC1. The van der Waals surface area contributed by atoms with Gasteiger partial charge in [-0.1, -0.05) is 26.2 Å².